The highest BCUT2D eigenvalue weighted by Crippen LogP contribution is 2.41. The Morgan fingerprint density at radius 3 is 1.81 bits per heavy atom. The Balaban J connectivity index is 3.08. The molecule has 0 amide bonds. The summed E-state index contributed by atoms with van der Waals surface area (Å²) in [5.41, 5.74) is 0. The Labute approximate surface area is 120 Å². The van der Waals surface area contributed by atoms with Crippen LogP contribution in [0.4, 0.5) is 0 Å². The maximum Gasteiger partial charge on any atom is 0.303 e. The van der Waals surface area contributed by atoms with Gasteiger partial charge in [0.2, 0.25) is 0 Å². The van der Waals surface area contributed by atoms with Gasteiger partial charge in [0.1, 0.15) is 0 Å². The van der Waals surface area contributed by atoms with E-state index in [4.69, 9.17) is 26.0 Å². The van der Waals surface area contributed by atoms with Crippen LogP contribution in [0.1, 0.15) is 26.2 Å². The largest absolute Gasteiger partial charge is 0.481 e. The summed E-state index contributed by atoms with van der Waals surface area (Å²) in [6.07, 6.45) is -2.78. The summed E-state index contributed by atoms with van der Waals surface area (Å²) >= 11 is 0. The van der Waals surface area contributed by atoms with Gasteiger partial charge in [-0.2, -0.15) is 0 Å². The van der Waals surface area contributed by atoms with Crippen molar-refractivity contribution in [3.05, 3.63) is 0 Å². The average molecular weight is 305 g/mol. The fourth-order valence-corrected chi connectivity index (χ4v) is 2.89. The van der Waals surface area contributed by atoms with E-state index in [1.807, 2.05) is 0 Å². The molecule has 9 nitrogen and oxygen atoms in total. The van der Waals surface area contributed by atoms with Crippen molar-refractivity contribution in [2.75, 3.05) is 0 Å². The lowest BCUT2D eigenvalue weighted by Gasteiger charge is -2.44. The number of carbonyl (C=O) groups is 3. The maximum absolute atomic E-state index is 11.0. The van der Waals surface area contributed by atoms with Gasteiger partial charge < -0.3 is 20.1 Å². The van der Waals surface area contributed by atoms with Gasteiger partial charge in [0.15, 0.2) is 6.29 Å². The molecule has 0 saturated carbocycles. The van der Waals surface area contributed by atoms with Crippen LogP contribution in [0.25, 0.3) is 0 Å². The number of ether oxygens (including phenoxy) is 1. The summed E-state index contributed by atoms with van der Waals surface area (Å²) in [7, 11) is 0. The monoisotopic (exact) mass is 305 g/mol. The Kier molecular flexibility index (Phi) is 6.06. The van der Waals surface area contributed by atoms with Crippen LogP contribution in [0, 0.1) is 17.8 Å². The molecule has 0 spiro atoms. The topological polar surface area (TPSA) is 156 Å². The third-order valence-electron chi connectivity index (χ3n) is 3.77. The average Bonchev–Trinajstić information content (AvgIpc) is 2.35. The summed E-state index contributed by atoms with van der Waals surface area (Å²) in [5, 5.41) is 26.9. The van der Waals surface area contributed by atoms with Crippen molar-refractivity contribution in [1.82, 2.24) is 0 Å². The highest BCUT2D eigenvalue weighted by Gasteiger charge is 2.46. The van der Waals surface area contributed by atoms with Crippen LogP contribution < -0.4 is 5.90 Å². The minimum Gasteiger partial charge on any atom is -0.481 e. The molecule has 1 fully saturated rings. The predicted octanol–water partition coefficient (Wildman–Crippen LogP) is -0.106. The molecular formula is C12H19NO8. The summed E-state index contributed by atoms with van der Waals surface area (Å²) in [5.74, 6) is -0.496. The molecule has 120 valence electrons. The molecule has 5 atom stereocenters. The molecule has 0 bridgehead atoms. The zero-order valence-corrected chi connectivity index (χ0v) is 11.5. The fraction of sp³-hybridized carbons (Fsp3) is 0.750. The maximum atomic E-state index is 11.0. The molecule has 1 rings (SSSR count). The number of hydrogen-bond donors (Lipinski definition) is 4. The molecule has 1 aliphatic heterocycles. The number of nitrogens with two attached hydrogens (primary N) is 1. The molecule has 21 heavy (non-hydrogen) atoms. The van der Waals surface area contributed by atoms with E-state index < -0.39 is 54.5 Å². The van der Waals surface area contributed by atoms with Crippen molar-refractivity contribution in [2.24, 2.45) is 23.7 Å². The van der Waals surface area contributed by atoms with Gasteiger partial charge in [-0.1, -0.05) is 0 Å². The highest BCUT2D eigenvalue weighted by atomic mass is 16.8. The smallest absolute Gasteiger partial charge is 0.303 e. The van der Waals surface area contributed by atoms with Crippen molar-refractivity contribution >= 4 is 17.9 Å². The van der Waals surface area contributed by atoms with E-state index in [1.165, 1.54) is 0 Å². The Morgan fingerprint density at radius 1 is 0.952 bits per heavy atom. The van der Waals surface area contributed by atoms with Crippen molar-refractivity contribution in [3.63, 3.8) is 0 Å². The van der Waals surface area contributed by atoms with E-state index in [9.17, 15) is 14.4 Å². The standard InChI is InChI=1S/C12H19NO8/c1-5-6(2-9(14)15)7(3-10(16)17)8(4-11(18)19)12(20-5)21-13/h5-8,12H,2-4,13H2,1H3,(H,14,15)(H,16,17)(H,18,19)/t5-,6-,7+,8-,12-/m0/s1. The number of carboxylic acids is 3. The van der Waals surface area contributed by atoms with E-state index in [2.05, 4.69) is 4.84 Å². The third-order valence-corrected chi connectivity index (χ3v) is 3.77. The van der Waals surface area contributed by atoms with E-state index >= 15 is 0 Å². The van der Waals surface area contributed by atoms with E-state index in [0.29, 0.717) is 0 Å². The first-order valence-corrected chi connectivity index (χ1v) is 6.42. The first kappa shape index (κ1) is 17.3. The molecular weight excluding hydrogens is 286 g/mol. The van der Waals surface area contributed by atoms with Crippen molar-refractivity contribution < 1.29 is 39.3 Å². The lowest BCUT2D eigenvalue weighted by atomic mass is 9.71. The van der Waals surface area contributed by atoms with Crippen molar-refractivity contribution in [2.45, 2.75) is 38.6 Å². The van der Waals surface area contributed by atoms with Gasteiger partial charge in [-0.3, -0.25) is 19.2 Å². The molecule has 0 aliphatic carbocycles. The third kappa shape index (κ3) is 4.66. The second kappa shape index (κ2) is 7.34. The molecule has 1 heterocycles. The molecule has 0 radical (unpaired) electrons. The minimum absolute atomic E-state index is 0.313. The normalized spacial score (nSPS) is 32.6. The van der Waals surface area contributed by atoms with Gasteiger partial charge in [0, 0.05) is 12.3 Å². The van der Waals surface area contributed by atoms with Crippen molar-refractivity contribution in [3.8, 4) is 0 Å². The van der Waals surface area contributed by atoms with Crippen LogP contribution in [-0.2, 0) is 24.0 Å². The second-order valence-electron chi connectivity index (χ2n) is 5.13. The molecule has 0 aromatic heterocycles. The van der Waals surface area contributed by atoms with Crippen LogP contribution in [0.3, 0.4) is 0 Å². The molecule has 0 aromatic rings. The van der Waals surface area contributed by atoms with Gasteiger partial charge in [-0.25, -0.2) is 5.90 Å². The van der Waals surface area contributed by atoms with Gasteiger partial charge in [-0.15, -0.1) is 0 Å². The van der Waals surface area contributed by atoms with Crippen LogP contribution in [-0.4, -0.2) is 45.6 Å². The molecule has 1 saturated heterocycles. The van der Waals surface area contributed by atoms with Gasteiger partial charge in [-0.05, 0) is 18.8 Å². The zero-order chi connectivity index (χ0) is 16.2. The predicted molar refractivity (Wildman–Crippen MR) is 66.8 cm³/mol. The van der Waals surface area contributed by atoms with Crippen molar-refractivity contribution in [1.29, 1.82) is 0 Å². The molecule has 9 heteroatoms. The fourth-order valence-electron chi connectivity index (χ4n) is 2.89. The molecule has 0 unspecified atom stereocenters. The molecule has 5 N–H and O–H groups in total. The number of carboxylic acid groups (broad SMARTS) is 3. The number of hydrogen-bond acceptors (Lipinski definition) is 6. The summed E-state index contributed by atoms with van der Waals surface area (Å²) in [4.78, 5) is 37.5. The summed E-state index contributed by atoms with van der Waals surface area (Å²) in [6, 6.07) is 0. The molecule has 1 aliphatic rings. The lowest BCUT2D eigenvalue weighted by Crippen LogP contribution is -2.50. The van der Waals surface area contributed by atoms with E-state index in [0.717, 1.165) is 0 Å². The van der Waals surface area contributed by atoms with Crippen LogP contribution >= 0.6 is 0 Å². The lowest BCUT2D eigenvalue weighted by molar-refractivity contribution is -0.257. The van der Waals surface area contributed by atoms with Crippen LogP contribution in [0.15, 0.2) is 0 Å². The molecule has 0 aromatic carbocycles. The Bertz CT molecular complexity index is 412. The zero-order valence-electron chi connectivity index (χ0n) is 11.5. The van der Waals surface area contributed by atoms with E-state index in [1.54, 1.807) is 6.92 Å². The summed E-state index contributed by atoms with van der Waals surface area (Å²) in [6.45, 7) is 1.59. The minimum atomic E-state index is -1.16. The highest BCUT2D eigenvalue weighted by molar-refractivity contribution is 5.70. The first-order valence-electron chi connectivity index (χ1n) is 6.42. The number of aliphatic carboxylic acids is 3. The van der Waals surface area contributed by atoms with E-state index in [-0.39, 0.29) is 12.8 Å². The summed E-state index contributed by atoms with van der Waals surface area (Å²) < 4.78 is 5.41. The Morgan fingerprint density at radius 2 is 1.38 bits per heavy atom. The first-order chi connectivity index (χ1) is 9.76. The van der Waals surface area contributed by atoms with Crippen LogP contribution in [0.5, 0.6) is 0 Å². The number of rotatable bonds is 7. The SMILES string of the molecule is C[C@@H]1O[C@@H](ON)[C@@H](CC(=O)O)[C@H](CC(=O)O)[C@H]1CC(=O)O. The van der Waals surface area contributed by atoms with Gasteiger partial charge in [0.25, 0.3) is 0 Å². The second-order valence-corrected chi connectivity index (χ2v) is 5.13. The Hall–Kier alpha value is -1.71. The van der Waals surface area contributed by atoms with Gasteiger partial charge >= 0.3 is 17.9 Å². The quantitative estimate of drug-likeness (QED) is 0.471. The van der Waals surface area contributed by atoms with Gasteiger partial charge in [0.05, 0.1) is 18.9 Å². The van der Waals surface area contributed by atoms with Crippen LogP contribution in [0.2, 0.25) is 0 Å².